The Kier molecular flexibility index (Phi) is 4.07. The van der Waals surface area contributed by atoms with Crippen molar-refractivity contribution in [2.24, 2.45) is 5.29 Å². The van der Waals surface area contributed by atoms with Gasteiger partial charge >= 0.3 is 0 Å². The minimum absolute atomic E-state index is 0.0242. The summed E-state index contributed by atoms with van der Waals surface area (Å²) in [4.78, 5) is 11.0. The summed E-state index contributed by atoms with van der Waals surface area (Å²) in [6.45, 7) is 2.51. The van der Waals surface area contributed by atoms with Crippen LogP contribution in [0.15, 0.2) is 65.9 Å². The number of nitrogens with zero attached hydrogens (tertiary/aromatic N) is 2. The second kappa shape index (κ2) is 5.96. The first-order chi connectivity index (χ1) is 8.81. The van der Waals surface area contributed by atoms with Gasteiger partial charge in [-0.3, -0.25) is 0 Å². The number of rotatable bonds is 5. The normalized spacial score (nSPS) is 11.8. The quantitative estimate of drug-likeness (QED) is 0.586. The van der Waals surface area contributed by atoms with Crippen LogP contribution in [0.25, 0.3) is 0 Å². The Morgan fingerprint density at radius 2 is 1.56 bits per heavy atom. The molecule has 0 spiro atoms. The fourth-order valence-electron chi connectivity index (χ4n) is 1.91. The van der Waals surface area contributed by atoms with Crippen LogP contribution >= 0.6 is 0 Å². The molecular formula is C15H16N2O. The van der Waals surface area contributed by atoms with E-state index < -0.39 is 0 Å². The number of nitroso groups, excluding NO2 is 1. The Morgan fingerprint density at radius 1 is 1.00 bits per heavy atom. The van der Waals surface area contributed by atoms with Crippen LogP contribution in [0.1, 0.15) is 24.1 Å². The lowest BCUT2D eigenvalue weighted by Gasteiger charge is -2.23. The van der Waals surface area contributed by atoms with Gasteiger partial charge in [0.2, 0.25) is 0 Å². The van der Waals surface area contributed by atoms with Crippen molar-refractivity contribution < 1.29 is 0 Å². The average molecular weight is 240 g/mol. The Balaban J connectivity index is 2.12. The van der Waals surface area contributed by atoms with Crippen molar-refractivity contribution in [1.82, 2.24) is 5.01 Å². The second-order valence-corrected chi connectivity index (χ2v) is 4.25. The first-order valence-corrected chi connectivity index (χ1v) is 6.00. The van der Waals surface area contributed by atoms with Gasteiger partial charge in [-0.1, -0.05) is 60.7 Å². The second-order valence-electron chi connectivity index (χ2n) is 4.25. The molecule has 0 saturated carbocycles. The summed E-state index contributed by atoms with van der Waals surface area (Å²) in [6.07, 6.45) is 0. The summed E-state index contributed by atoms with van der Waals surface area (Å²) in [5.74, 6) is 0. The van der Waals surface area contributed by atoms with Gasteiger partial charge in [-0.25, -0.2) is 5.01 Å². The molecule has 0 heterocycles. The van der Waals surface area contributed by atoms with Crippen molar-refractivity contribution in [2.45, 2.75) is 19.5 Å². The Hall–Kier alpha value is -2.16. The highest BCUT2D eigenvalue weighted by Gasteiger charge is 2.15. The molecule has 3 heteroatoms. The van der Waals surface area contributed by atoms with E-state index in [9.17, 15) is 4.91 Å². The third-order valence-corrected chi connectivity index (χ3v) is 3.02. The summed E-state index contributed by atoms with van der Waals surface area (Å²) in [6, 6.07) is 19.8. The molecule has 0 aliphatic heterocycles. The highest BCUT2D eigenvalue weighted by molar-refractivity contribution is 5.19. The lowest BCUT2D eigenvalue weighted by molar-refractivity contribution is 0.208. The van der Waals surface area contributed by atoms with E-state index in [1.165, 1.54) is 0 Å². The van der Waals surface area contributed by atoms with Crippen molar-refractivity contribution in [2.75, 3.05) is 0 Å². The first-order valence-electron chi connectivity index (χ1n) is 6.00. The smallest absolute Gasteiger partial charge is 0.0727 e. The lowest BCUT2D eigenvalue weighted by Crippen LogP contribution is -2.20. The Bertz CT molecular complexity index is 484. The predicted molar refractivity (Wildman–Crippen MR) is 72.6 cm³/mol. The Labute approximate surface area is 107 Å². The molecule has 2 aromatic carbocycles. The van der Waals surface area contributed by atoms with Gasteiger partial charge in [0, 0.05) is 0 Å². The molecule has 0 saturated heterocycles. The summed E-state index contributed by atoms with van der Waals surface area (Å²) in [7, 11) is 0. The van der Waals surface area contributed by atoms with Gasteiger partial charge < -0.3 is 0 Å². The Morgan fingerprint density at radius 3 is 2.11 bits per heavy atom. The van der Waals surface area contributed by atoms with E-state index in [1.54, 1.807) is 5.01 Å². The van der Waals surface area contributed by atoms with Gasteiger partial charge in [0.05, 0.1) is 17.9 Å². The average Bonchev–Trinajstić information content (AvgIpc) is 2.46. The molecule has 0 aliphatic carbocycles. The van der Waals surface area contributed by atoms with Gasteiger partial charge in [0.1, 0.15) is 0 Å². The van der Waals surface area contributed by atoms with Gasteiger partial charge in [-0.2, -0.15) is 0 Å². The molecule has 0 fully saturated rings. The van der Waals surface area contributed by atoms with Crippen LogP contribution in [-0.4, -0.2) is 5.01 Å². The van der Waals surface area contributed by atoms with E-state index in [4.69, 9.17) is 0 Å². The van der Waals surface area contributed by atoms with Crippen LogP contribution in [0.2, 0.25) is 0 Å². The van der Waals surface area contributed by atoms with Gasteiger partial charge in [-0.05, 0) is 18.1 Å². The minimum atomic E-state index is -0.0242. The molecule has 0 radical (unpaired) electrons. The van der Waals surface area contributed by atoms with Crippen molar-refractivity contribution >= 4 is 0 Å². The number of hydrogen-bond donors (Lipinski definition) is 0. The van der Waals surface area contributed by atoms with Gasteiger partial charge in [-0.15, -0.1) is 4.91 Å². The van der Waals surface area contributed by atoms with E-state index in [1.807, 2.05) is 67.6 Å². The summed E-state index contributed by atoms with van der Waals surface area (Å²) < 4.78 is 0. The summed E-state index contributed by atoms with van der Waals surface area (Å²) in [5, 5.41) is 4.70. The van der Waals surface area contributed by atoms with Crippen LogP contribution in [0.5, 0.6) is 0 Å². The predicted octanol–water partition coefficient (Wildman–Crippen LogP) is 3.93. The molecule has 0 aliphatic rings. The zero-order valence-corrected chi connectivity index (χ0v) is 10.4. The lowest BCUT2D eigenvalue weighted by atomic mass is 10.1. The highest BCUT2D eigenvalue weighted by atomic mass is 16.3. The van der Waals surface area contributed by atoms with Crippen molar-refractivity contribution in [3.05, 3.63) is 76.7 Å². The van der Waals surface area contributed by atoms with Gasteiger partial charge in [0.25, 0.3) is 0 Å². The SMILES string of the molecule is C[C@@H](c1ccccc1)N(Cc1ccccc1)N=O. The van der Waals surface area contributed by atoms with Crippen LogP contribution < -0.4 is 0 Å². The maximum absolute atomic E-state index is 11.0. The van der Waals surface area contributed by atoms with Gasteiger partial charge in [0.15, 0.2) is 0 Å². The molecule has 1 atom stereocenters. The third-order valence-electron chi connectivity index (χ3n) is 3.02. The molecule has 2 aromatic rings. The van der Waals surface area contributed by atoms with E-state index >= 15 is 0 Å². The molecular weight excluding hydrogens is 224 g/mol. The van der Waals surface area contributed by atoms with Crippen LogP contribution in [-0.2, 0) is 6.54 Å². The fraction of sp³-hybridized carbons (Fsp3) is 0.200. The standard InChI is InChI=1S/C15H16N2O/c1-13(15-10-6-3-7-11-15)17(16-18)12-14-8-4-2-5-9-14/h2-11,13H,12H2,1H3/t13-/m0/s1. The molecule has 92 valence electrons. The molecule has 0 N–H and O–H groups in total. The first kappa shape index (κ1) is 12.3. The van der Waals surface area contributed by atoms with Crippen molar-refractivity contribution in [3.63, 3.8) is 0 Å². The minimum Gasteiger partial charge on any atom is -0.249 e. The summed E-state index contributed by atoms with van der Waals surface area (Å²) >= 11 is 0. The fourth-order valence-corrected chi connectivity index (χ4v) is 1.91. The maximum atomic E-state index is 11.0. The molecule has 0 amide bonds. The van der Waals surface area contributed by atoms with E-state index in [-0.39, 0.29) is 6.04 Å². The molecule has 18 heavy (non-hydrogen) atoms. The number of benzene rings is 2. The van der Waals surface area contributed by atoms with Crippen molar-refractivity contribution in [1.29, 1.82) is 0 Å². The molecule has 3 nitrogen and oxygen atoms in total. The van der Waals surface area contributed by atoms with Crippen LogP contribution in [0.3, 0.4) is 0 Å². The topological polar surface area (TPSA) is 32.7 Å². The highest BCUT2D eigenvalue weighted by Crippen LogP contribution is 2.22. The van der Waals surface area contributed by atoms with Crippen LogP contribution in [0.4, 0.5) is 0 Å². The van der Waals surface area contributed by atoms with Crippen molar-refractivity contribution in [3.8, 4) is 0 Å². The van der Waals surface area contributed by atoms with E-state index in [2.05, 4.69) is 5.29 Å². The maximum Gasteiger partial charge on any atom is 0.0727 e. The monoisotopic (exact) mass is 240 g/mol. The zero-order chi connectivity index (χ0) is 12.8. The number of hydrogen-bond acceptors (Lipinski definition) is 2. The largest absolute Gasteiger partial charge is 0.249 e. The summed E-state index contributed by atoms with van der Waals surface area (Å²) in [5.41, 5.74) is 2.17. The third kappa shape index (κ3) is 2.94. The molecule has 0 bridgehead atoms. The molecule has 0 aromatic heterocycles. The van der Waals surface area contributed by atoms with E-state index in [0.29, 0.717) is 6.54 Å². The zero-order valence-electron chi connectivity index (χ0n) is 10.4. The molecule has 2 rings (SSSR count). The van der Waals surface area contributed by atoms with Crippen LogP contribution in [0, 0.1) is 4.91 Å². The molecule has 0 unspecified atom stereocenters. The van der Waals surface area contributed by atoms with E-state index in [0.717, 1.165) is 11.1 Å².